The maximum absolute atomic E-state index is 12.8. The number of hydrogen-bond donors (Lipinski definition) is 2. The van der Waals surface area contributed by atoms with E-state index in [1.807, 2.05) is 11.8 Å². The molecular formula is C17H30N6O2S. The predicted octanol–water partition coefficient (Wildman–Crippen LogP) is 0.514. The number of amides is 3. The lowest BCUT2D eigenvalue weighted by Gasteiger charge is -2.40. The van der Waals surface area contributed by atoms with Gasteiger partial charge in [0.1, 0.15) is 0 Å². The molecule has 2 aliphatic rings. The molecule has 0 unspecified atom stereocenters. The minimum atomic E-state index is -0.356. The summed E-state index contributed by atoms with van der Waals surface area (Å²) in [6, 6.07) is -0.0959. The van der Waals surface area contributed by atoms with Crippen LogP contribution >= 0.6 is 11.8 Å². The zero-order chi connectivity index (χ0) is 19.3. The third-order valence-electron chi connectivity index (χ3n) is 4.58. The second-order valence-corrected chi connectivity index (χ2v) is 8.26. The van der Waals surface area contributed by atoms with Crippen LogP contribution in [-0.2, 0) is 4.79 Å². The number of nitrogens with zero attached hydrogens (tertiary/aromatic N) is 4. The summed E-state index contributed by atoms with van der Waals surface area (Å²) >= 11 is 1.18. The number of carbonyl (C=O) groups excluding carboxylic acids is 2. The van der Waals surface area contributed by atoms with E-state index in [4.69, 9.17) is 5.73 Å². The van der Waals surface area contributed by atoms with Gasteiger partial charge in [-0.2, -0.15) is 4.99 Å². The van der Waals surface area contributed by atoms with Crippen molar-refractivity contribution in [2.24, 2.45) is 10.7 Å². The van der Waals surface area contributed by atoms with Crippen LogP contribution in [0.15, 0.2) is 16.5 Å². The van der Waals surface area contributed by atoms with Gasteiger partial charge in [0.2, 0.25) is 5.91 Å². The molecular weight excluding hydrogens is 352 g/mol. The fourth-order valence-corrected chi connectivity index (χ4v) is 3.59. The highest BCUT2D eigenvalue weighted by Gasteiger charge is 2.32. The topological polar surface area (TPSA) is 94.3 Å². The molecule has 0 aromatic heterocycles. The number of nitrogens with one attached hydrogen (secondary N) is 1. The molecule has 2 fully saturated rings. The van der Waals surface area contributed by atoms with Crippen LogP contribution in [0.25, 0.3) is 0 Å². The second kappa shape index (κ2) is 9.38. The number of rotatable bonds is 3. The van der Waals surface area contributed by atoms with Gasteiger partial charge >= 0.3 is 6.03 Å². The number of nitrogens with two attached hydrogens (primary N) is 1. The first-order valence-corrected chi connectivity index (χ1v) is 9.82. The molecule has 0 spiro atoms. The monoisotopic (exact) mass is 382 g/mol. The van der Waals surface area contributed by atoms with E-state index in [0.717, 1.165) is 24.5 Å². The summed E-state index contributed by atoms with van der Waals surface area (Å²) in [5.41, 5.74) is 5.72. The molecule has 26 heavy (non-hydrogen) atoms. The molecule has 0 bridgehead atoms. The van der Waals surface area contributed by atoms with E-state index in [0.29, 0.717) is 32.2 Å². The van der Waals surface area contributed by atoms with Crippen molar-refractivity contribution in [3.63, 3.8) is 0 Å². The molecule has 0 aromatic rings. The van der Waals surface area contributed by atoms with Crippen LogP contribution in [0, 0.1) is 0 Å². The highest BCUT2D eigenvalue weighted by atomic mass is 32.2. The summed E-state index contributed by atoms with van der Waals surface area (Å²) < 4.78 is 0. The number of piperazine rings is 2. The van der Waals surface area contributed by atoms with Crippen molar-refractivity contribution in [2.75, 3.05) is 45.8 Å². The average Bonchev–Trinajstić information content (AvgIpc) is 2.60. The van der Waals surface area contributed by atoms with Crippen molar-refractivity contribution in [3.8, 4) is 0 Å². The molecule has 3 amide bonds. The molecule has 0 aromatic carbocycles. The smallest absolute Gasteiger partial charge is 0.346 e. The molecule has 146 valence electrons. The van der Waals surface area contributed by atoms with Crippen molar-refractivity contribution in [3.05, 3.63) is 11.5 Å². The minimum Gasteiger partial charge on any atom is -0.378 e. The SMILES string of the molecule is C=C(C)S/C(N)=N\C(=O)N1CCN(C(=O)[C@H]2CN(C(C)C)CCN2)CC1. The van der Waals surface area contributed by atoms with Crippen molar-refractivity contribution < 1.29 is 9.59 Å². The Morgan fingerprint density at radius 1 is 1.19 bits per heavy atom. The number of aliphatic imine (C=N–C) groups is 1. The fraction of sp³-hybridized carbons (Fsp3) is 0.706. The zero-order valence-electron chi connectivity index (χ0n) is 15.9. The highest BCUT2D eigenvalue weighted by Crippen LogP contribution is 2.13. The Balaban J connectivity index is 1.84. The van der Waals surface area contributed by atoms with Crippen molar-refractivity contribution in [1.82, 2.24) is 20.0 Å². The Hall–Kier alpha value is -1.58. The molecule has 2 rings (SSSR count). The molecule has 8 nitrogen and oxygen atoms in total. The van der Waals surface area contributed by atoms with Crippen LogP contribution in [0.4, 0.5) is 4.79 Å². The molecule has 3 N–H and O–H groups in total. The zero-order valence-corrected chi connectivity index (χ0v) is 16.7. The highest BCUT2D eigenvalue weighted by molar-refractivity contribution is 8.17. The first-order valence-electron chi connectivity index (χ1n) is 9.00. The van der Waals surface area contributed by atoms with Crippen LogP contribution in [0.1, 0.15) is 20.8 Å². The molecule has 0 aliphatic carbocycles. The fourth-order valence-electron chi connectivity index (χ4n) is 3.11. The van der Waals surface area contributed by atoms with Crippen molar-refractivity contribution in [1.29, 1.82) is 0 Å². The molecule has 0 saturated carbocycles. The van der Waals surface area contributed by atoms with Crippen molar-refractivity contribution in [2.45, 2.75) is 32.9 Å². The van der Waals surface area contributed by atoms with Crippen LogP contribution in [0.2, 0.25) is 0 Å². The van der Waals surface area contributed by atoms with E-state index in [1.54, 1.807) is 4.90 Å². The van der Waals surface area contributed by atoms with Gasteiger partial charge in [-0.15, -0.1) is 0 Å². The first-order chi connectivity index (χ1) is 12.3. The molecule has 1 atom stereocenters. The maximum atomic E-state index is 12.8. The summed E-state index contributed by atoms with van der Waals surface area (Å²) in [6.45, 7) is 14.3. The number of hydrogen-bond acceptors (Lipinski definition) is 5. The Morgan fingerprint density at radius 2 is 1.81 bits per heavy atom. The average molecular weight is 383 g/mol. The van der Waals surface area contributed by atoms with Crippen LogP contribution < -0.4 is 11.1 Å². The van der Waals surface area contributed by atoms with Gasteiger partial charge in [-0.25, -0.2) is 4.79 Å². The first kappa shape index (κ1) is 20.7. The predicted molar refractivity (Wildman–Crippen MR) is 106 cm³/mol. The van der Waals surface area contributed by atoms with E-state index < -0.39 is 0 Å². The lowest BCUT2D eigenvalue weighted by Crippen LogP contribution is -2.61. The number of thioether (sulfide) groups is 1. The van der Waals surface area contributed by atoms with E-state index in [9.17, 15) is 9.59 Å². The number of urea groups is 1. The maximum Gasteiger partial charge on any atom is 0.346 e. The summed E-state index contributed by atoms with van der Waals surface area (Å²) in [7, 11) is 0. The third kappa shape index (κ3) is 5.72. The summed E-state index contributed by atoms with van der Waals surface area (Å²) in [6.07, 6.45) is 0. The van der Waals surface area contributed by atoms with Gasteiger partial charge in [0, 0.05) is 51.9 Å². The van der Waals surface area contributed by atoms with Gasteiger partial charge < -0.3 is 20.9 Å². The number of carbonyl (C=O) groups is 2. The quantitative estimate of drug-likeness (QED) is 0.546. The Morgan fingerprint density at radius 3 is 2.38 bits per heavy atom. The molecule has 2 aliphatic heterocycles. The van der Waals surface area contributed by atoms with Crippen LogP contribution in [0.3, 0.4) is 0 Å². The lowest BCUT2D eigenvalue weighted by molar-refractivity contribution is -0.136. The summed E-state index contributed by atoms with van der Waals surface area (Å²) in [4.78, 5) is 35.4. The van der Waals surface area contributed by atoms with Crippen LogP contribution in [-0.4, -0.2) is 89.7 Å². The summed E-state index contributed by atoms with van der Waals surface area (Å²) in [5.74, 6) is 0.114. The van der Waals surface area contributed by atoms with Gasteiger partial charge in [0.25, 0.3) is 0 Å². The van der Waals surface area contributed by atoms with Gasteiger partial charge in [-0.1, -0.05) is 18.3 Å². The molecule has 9 heteroatoms. The van der Waals surface area contributed by atoms with Crippen molar-refractivity contribution >= 4 is 28.9 Å². The van der Waals surface area contributed by atoms with Crippen LogP contribution in [0.5, 0.6) is 0 Å². The van der Waals surface area contributed by atoms with E-state index in [-0.39, 0.29) is 23.1 Å². The van der Waals surface area contributed by atoms with Gasteiger partial charge in [0.15, 0.2) is 5.17 Å². The second-order valence-electron chi connectivity index (χ2n) is 6.94. The Bertz CT molecular complexity index is 572. The third-order valence-corrected chi connectivity index (χ3v) is 5.23. The minimum absolute atomic E-state index is 0.114. The normalized spacial score (nSPS) is 22.6. The van der Waals surface area contributed by atoms with Gasteiger partial charge in [0.05, 0.1) is 6.04 Å². The summed E-state index contributed by atoms with van der Waals surface area (Å²) in [5, 5.41) is 3.51. The Kier molecular flexibility index (Phi) is 7.48. The van der Waals surface area contributed by atoms with E-state index >= 15 is 0 Å². The van der Waals surface area contributed by atoms with Gasteiger partial charge in [-0.05, 0) is 25.7 Å². The molecule has 2 saturated heterocycles. The number of amidine groups is 1. The number of allylic oxidation sites excluding steroid dienone is 1. The standard InChI is InChI=1S/C17H30N6O2S/c1-12(2)23-6-5-19-14(11-23)15(24)21-7-9-22(10-8-21)17(25)20-16(18)26-13(3)4/h12,14,19H,3,5-11H2,1-2,4H3,(H2,18,20,25)/t14-/m1/s1. The molecule has 0 radical (unpaired) electrons. The largest absolute Gasteiger partial charge is 0.378 e. The van der Waals surface area contributed by atoms with Gasteiger partial charge in [-0.3, -0.25) is 9.69 Å². The van der Waals surface area contributed by atoms with E-state index in [1.165, 1.54) is 11.8 Å². The lowest BCUT2D eigenvalue weighted by atomic mass is 10.1. The van der Waals surface area contributed by atoms with E-state index in [2.05, 4.69) is 35.6 Å². The molecule has 2 heterocycles. The Labute approximate surface area is 159 Å².